The molecule has 162 valence electrons. The second kappa shape index (κ2) is 7.23. The third kappa shape index (κ3) is 3.28. The van der Waals surface area contributed by atoms with Gasteiger partial charge in [0.1, 0.15) is 11.6 Å². The van der Waals surface area contributed by atoms with Crippen molar-refractivity contribution in [3.8, 4) is 17.0 Å². The molecule has 11 heteroatoms. The smallest absolute Gasteiger partial charge is 0.416 e. The van der Waals surface area contributed by atoms with Crippen LogP contribution in [0.2, 0.25) is 4.47 Å². The largest absolute Gasteiger partial charge is 0.483 e. The lowest BCUT2D eigenvalue weighted by atomic mass is 10.0. The number of halogens is 4. The zero-order chi connectivity index (χ0) is 21.9. The van der Waals surface area contributed by atoms with E-state index in [0.29, 0.717) is 29.9 Å². The molecule has 1 unspecified atom stereocenters. The van der Waals surface area contributed by atoms with Crippen molar-refractivity contribution in [2.24, 2.45) is 0 Å². The van der Waals surface area contributed by atoms with Crippen molar-refractivity contribution in [3.05, 3.63) is 55.7 Å². The number of hydrogen-bond acceptors (Lipinski definition) is 5. The first-order valence-electron chi connectivity index (χ1n) is 9.71. The van der Waals surface area contributed by atoms with Gasteiger partial charge in [-0.15, -0.1) is 11.3 Å². The number of rotatable bonds is 2. The van der Waals surface area contributed by atoms with Gasteiger partial charge in [0.05, 0.1) is 30.1 Å². The maximum Gasteiger partial charge on any atom is 0.416 e. The summed E-state index contributed by atoms with van der Waals surface area (Å²) >= 11 is 7.28. The summed E-state index contributed by atoms with van der Waals surface area (Å²) in [5, 5.41) is 11.0. The van der Waals surface area contributed by atoms with E-state index in [-0.39, 0.29) is 23.0 Å². The van der Waals surface area contributed by atoms with Crippen LogP contribution in [0.1, 0.15) is 29.3 Å². The predicted molar refractivity (Wildman–Crippen MR) is 110 cm³/mol. The molecule has 2 aliphatic heterocycles. The number of aromatic hydroxyl groups is 1. The summed E-state index contributed by atoms with van der Waals surface area (Å²) in [5.74, 6) is 0.244. The Morgan fingerprint density at radius 2 is 2.06 bits per heavy atom. The Morgan fingerprint density at radius 1 is 1.26 bits per heavy atom. The summed E-state index contributed by atoms with van der Waals surface area (Å²) in [6, 6.07) is 4.13. The van der Waals surface area contributed by atoms with Gasteiger partial charge in [0.25, 0.3) is 5.88 Å². The van der Waals surface area contributed by atoms with Crippen LogP contribution in [-0.4, -0.2) is 27.7 Å². The third-order valence-electron chi connectivity index (χ3n) is 5.75. The minimum atomic E-state index is -4.56. The van der Waals surface area contributed by atoms with Crippen LogP contribution in [0, 0.1) is 0 Å². The molecule has 0 saturated heterocycles. The Labute approximate surface area is 183 Å². The van der Waals surface area contributed by atoms with E-state index in [2.05, 4.69) is 4.98 Å². The molecule has 31 heavy (non-hydrogen) atoms. The summed E-state index contributed by atoms with van der Waals surface area (Å²) in [6.45, 7) is 1.87. The minimum absolute atomic E-state index is 0.0279. The molecular formula is C20H17ClF3N4O2S+. The van der Waals surface area contributed by atoms with Crippen LogP contribution in [0.5, 0.6) is 5.88 Å². The predicted octanol–water partition coefficient (Wildman–Crippen LogP) is 3.84. The van der Waals surface area contributed by atoms with Crippen molar-refractivity contribution < 1.29 is 22.8 Å². The van der Waals surface area contributed by atoms with Crippen LogP contribution in [0.25, 0.3) is 11.1 Å². The normalized spacial score (nSPS) is 18.2. The lowest BCUT2D eigenvalue weighted by Gasteiger charge is -2.34. The van der Waals surface area contributed by atoms with E-state index < -0.39 is 17.3 Å². The number of nitrogens with zero attached hydrogens (tertiary/aromatic N) is 4. The van der Waals surface area contributed by atoms with Gasteiger partial charge >= 0.3 is 17.7 Å². The van der Waals surface area contributed by atoms with E-state index in [1.54, 1.807) is 15.3 Å². The monoisotopic (exact) mass is 469 g/mol. The summed E-state index contributed by atoms with van der Waals surface area (Å²) in [7, 11) is 0. The summed E-state index contributed by atoms with van der Waals surface area (Å²) in [4.78, 5) is 20.6. The second-order valence-corrected chi connectivity index (χ2v) is 9.21. The summed E-state index contributed by atoms with van der Waals surface area (Å²) in [5.41, 5.74) is -1.53. The summed E-state index contributed by atoms with van der Waals surface area (Å²) in [6.07, 6.45) is -1.56. The summed E-state index contributed by atoms with van der Waals surface area (Å²) < 4.78 is 43.4. The number of hydrogen-bond donors (Lipinski definition) is 1. The molecule has 0 spiro atoms. The molecular weight excluding hydrogens is 453 g/mol. The Kier molecular flexibility index (Phi) is 4.74. The van der Waals surface area contributed by atoms with Crippen molar-refractivity contribution in [2.45, 2.75) is 31.6 Å². The lowest BCUT2D eigenvalue weighted by Crippen LogP contribution is -2.64. The average molecular weight is 470 g/mol. The van der Waals surface area contributed by atoms with Gasteiger partial charge in [-0.05, 0) is 17.7 Å². The highest BCUT2D eigenvalue weighted by Crippen LogP contribution is 2.37. The van der Waals surface area contributed by atoms with E-state index in [9.17, 15) is 23.1 Å². The quantitative estimate of drug-likeness (QED) is 0.579. The van der Waals surface area contributed by atoms with Crippen LogP contribution in [-0.2, 0) is 12.7 Å². The number of aromatic nitrogens is 3. The highest BCUT2D eigenvalue weighted by atomic mass is 35.5. The Bertz CT molecular complexity index is 1240. The van der Waals surface area contributed by atoms with Gasteiger partial charge in [0.2, 0.25) is 0 Å². The van der Waals surface area contributed by atoms with Crippen molar-refractivity contribution in [1.29, 1.82) is 0 Å². The molecule has 2 aliphatic rings. The molecule has 3 aromatic rings. The molecule has 5 rings (SSSR count). The standard InChI is InChI=1S/C20H16ClF3N4O2S/c21-18-25-10-14(31-18)13-5-8-26-6-2-7-27-16(29)15(17(30)28(13)19(26)27)11-3-1-4-12(9-11)20(22,23)24/h1,3-4,9-10,13H,2,5-8H2/p+1. The number of anilines is 1. The molecule has 4 heterocycles. The second-order valence-electron chi connectivity index (χ2n) is 7.56. The first-order valence-corrected chi connectivity index (χ1v) is 10.9. The first-order chi connectivity index (χ1) is 14.8. The number of thiazole rings is 1. The van der Waals surface area contributed by atoms with Crippen LogP contribution >= 0.6 is 22.9 Å². The molecule has 2 aromatic heterocycles. The molecule has 0 saturated carbocycles. The van der Waals surface area contributed by atoms with Crippen LogP contribution in [0.3, 0.4) is 0 Å². The molecule has 1 N–H and O–H groups in total. The molecule has 1 aromatic carbocycles. The van der Waals surface area contributed by atoms with Crippen molar-refractivity contribution >= 4 is 28.9 Å². The van der Waals surface area contributed by atoms with Crippen LogP contribution in [0.4, 0.5) is 19.1 Å². The molecule has 0 aliphatic carbocycles. The van der Waals surface area contributed by atoms with E-state index >= 15 is 0 Å². The van der Waals surface area contributed by atoms with Gasteiger partial charge in [-0.1, -0.05) is 23.7 Å². The molecule has 0 amide bonds. The van der Waals surface area contributed by atoms with E-state index in [4.69, 9.17) is 11.6 Å². The first kappa shape index (κ1) is 20.3. The molecule has 0 fully saturated rings. The highest BCUT2D eigenvalue weighted by molar-refractivity contribution is 7.15. The SMILES string of the molecule is O=c1c(-c2cccc(C(F)(F)F)c2)c(O)n2c3[n+]1C(c1cnc(Cl)s1)CCN3CCC2. The average Bonchev–Trinajstić information content (AvgIpc) is 3.17. The molecule has 6 nitrogen and oxygen atoms in total. The van der Waals surface area contributed by atoms with Crippen molar-refractivity contribution in [3.63, 3.8) is 0 Å². The zero-order valence-electron chi connectivity index (χ0n) is 16.1. The number of benzene rings is 1. The molecule has 0 bridgehead atoms. The van der Waals surface area contributed by atoms with E-state index in [1.165, 1.54) is 23.5 Å². The van der Waals surface area contributed by atoms with Crippen molar-refractivity contribution in [1.82, 2.24) is 9.55 Å². The maximum atomic E-state index is 13.7. The van der Waals surface area contributed by atoms with Gasteiger partial charge in [-0.25, -0.2) is 9.78 Å². The van der Waals surface area contributed by atoms with Gasteiger partial charge in [-0.2, -0.15) is 22.3 Å². The fraction of sp³-hybridized carbons (Fsp3) is 0.350. The topological polar surface area (TPSA) is 62.2 Å². The Balaban J connectivity index is 1.78. The lowest BCUT2D eigenvalue weighted by molar-refractivity contribution is -0.722. The van der Waals surface area contributed by atoms with Gasteiger partial charge < -0.3 is 5.11 Å². The molecule has 0 radical (unpaired) electrons. The third-order valence-corrected chi connectivity index (χ3v) is 6.96. The van der Waals surface area contributed by atoms with Crippen LogP contribution < -0.4 is 15.0 Å². The number of alkyl halides is 3. The molecule has 1 atom stereocenters. The van der Waals surface area contributed by atoms with Crippen LogP contribution in [0.15, 0.2) is 35.3 Å². The van der Waals surface area contributed by atoms with Crippen molar-refractivity contribution in [2.75, 3.05) is 18.0 Å². The maximum absolute atomic E-state index is 13.7. The highest BCUT2D eigenvalue weighted by Gasteiger charge is 2.42. The Hall–Kier alpha value is -2.59. The van der Waals surface area contributed by atoms with Gasteiger partial charge in [0, 0.05) is 19.0 Å². The van der Waals surface area contributed by atoms with E-state index in [0.717, 1.165) is 30.0 Å². The fourth-order valence-corrected chi connectivity index (χ4v) is 5.49. The minimum Gasteiger partial charge on any atom is -0.483 e. The van der Waals surface area contributed by atoms with Gasteiger partial charge in [0.15, 0.2) is 4.47 Å². The Morgan fingerprint density at radius 3 is 2.77 bits per heavy atom. The van der Waals surface area contributed by atoms with E-state index in [1.807, 2.05) is 4.90 Å². The zero-order valence-corrected chi connectivity index (χ0v) is 17.6. The van der Waals surface area contributed by atoms with Gasteiger partial charge in [-0.3, -0.25) is 4.90 Å². The fourth-order valence-electron chi connectivity index (χ4n) is 4.41.